The maximum Gasteiger partial charge on any atom is 0.306 e. The largest absolute Gasteiger partial charge is 0.462 e. The molecule has 0 saturated carbocycles. The van der Waals surface area contributed by atoms with E-state index >= 15 is 0 Å². The van der Waals surface area contributed by atoms with Gasteiger partial charge in [-0.3, -0.25) is 14.4 Å². The van der Waals surface area contributed by atoms with Crippen LogP contribution in [-0.2, 0) is 28.6 Å². The van der Waals surface area contributed by atoms with Crippen molar-refractivity contribution in [3.05, 3.63) is 0 Å². The summed E-state index contributed by atoms with van der Waals surface area (Å²) >= 11 is 0. The lowest BCUT2D eigenvalue weighted by molar-refractivity contribution is -0.167. The molecule has 0 aromatic carbocycles. The molecule has 1 atom stereocenters. The van der Waals surface area contributed by atoms with Crippen molar-refractivity contribution in [2.45, 2.75) is 322 Å². The van der Waals surface area contributed by atoms with Crippen LogP contribution in [0.3, 0.4) is 0 Å². The van der Waals surface area contributed by atoms with Crippen LogP contribution in [-0.4, -0.2) is 37.2 Å². The average molecular weight is 863 g/mol. The number of ether oxygens (including phenoxy) is 3. The number of carbonyl (C=O) groups is 3. The van der Waals surface area contributed by atoms with Crippen LogP contribution in [0.2, 0.25) is 0 Å². The molecule has 61 heavy (non-hydrogen) atoms. The SMILES string of the molecule is CCCCCCCCCCCCCCCCCCCCCCCCCCCC(=O)OCC(COC(=O)CCCCCCCCC)OC(=O)CCCCCCCCCCCCC. The predicted octanol–water partition coefficient (Wildman–Crippen LogP) is 18.0. The third-order valence-corrected chi connectivity index (χ3v) is 12.6. The first-order valence-corrected chi connectivity index (χ1v) is 27.5. The summed E-state index contributed by atoms with van der Waals surface area (Å²) in [6.45, 7) is 6.64. The van der Waals surface area contributed by atoms with Crippen LogP contribution in [0.25, 0.3) is 0 Å². The summed E-state index contributed by atoms with van der Waals surface area (Å²) in [5.41, 5.74) is 0. The summed E-state index contributed by atoms with van der Waals surface area (Å²) in [4.78, 5) is 37.7. The van der Waals surface area contributed by atoms with E-state index in [-0.39, 0.29) is 31.1 Å². The molecule has 0 saturated heterocycles. The van der Waals surface area contributed by atoms with Crippen molar-refractivity contribution < 1.29 is 28.6 Å². The number of unbranched alkanes of at least 4 members (excludes halogenated alkanes) is 40. The molecule has 0 aliphatic carbocycles. The topological polar surface area (TPSA) is 78.9 Å². The first-order valence-electron chi connectivity index (χ1n) is 27.5. The average Bonchev–Trinajstić information content (AvgIpc) is 3.26. The van der Waals surface area contributed by atoms with Gasteiger partial charge in [0.05, 0.1) is 0 Å². The van der Waals surface area contributed by atoms with Gasteiger partial charge < -0.3 is 14.2 Å². The standard InChI is InChI=1S/C55H106O6/c1-4-7-10-13-16-18-20-21-22-23-24-25-26-27-28-29-30-31-32-33-35-36-39-42-45-48-54(57)60-51-52(50-59-53(56)47-44-41-38-15-12-9-6-3)61-55(58)49-46-43-40-37-34-19-17-14-11-8-5-2/h52H,4-51H2,1-3H3. The molecule has 0 heterocycles. The van der Waals surface area contributed by atoms with Crippen LogP contribution in [0.15, 0.2) is 0 Å². The Balaban J connectivity index is 4.01. The van der Waals surface area contributed by atoms with E-state index in [1.54, 1.807) is 0 Å². The molecule has 0 fully saturated rings. The molecule has 0 aromatic heterocycles. The number of rotatable bonds is 51. The second-order valence-corrected chi connectivity index (χ2v) is 18.9. The molecule has 0 bridgehead atoms. The van der Waals surface area contributed by atoms with Crippen molar-refractivity contribution in [3.63, 3.8) is 0 Å². The second kappa shape index (κ2) is 51.0. The fourth-order valence-electron chi connectivity index (χ4n) is 8.45. The first-order chi connectivity index (χ1) is 30.0. The minimum absolute atomic E-state index is 0.0625. The normalized spacial score (nSPS) is 11.9. The quantitative estimate of drug-likeness (QED) is 0.0344. The van der Waals surface area contributed by atoms with Crippen molar-refractivity contribution in [2.24, 2.45) is 0 Å². The first kappa shape index (κ1) is 59.4. The maximum absolute atomic E-state index is 12.7. The maximum atomic E-state index is 12.7. The summed E-state index contributed by atoms with van der Waals surface area (Å²) in [7, 11) is 0. The Morgan fingerprint density at radius 1 is 0.262 bits per heavy atom. The Labute approximate surface area is 380 Å². The molecule has 0 amide bonds. The fourth-order valence-corrected chi connectivity index (χ4v) is 8.45. The van der Waals surface area contributed by atoms with Crippen LogP contribution in [0.4, 0.5) is 0 Å². The number of esters is 3. The van der Waals surface area contributed by atoms with Crippen LogP contribution in [0, 0.1) is 0 Å². The van der Waals surface area contributed by atoms with Gasteiger partial charge in [0.1, 0.15) is 13.2 Å². The van der Waals surface area contributed by atoms with Gasteiger partial charge in [-0.05, 0) is 19.3 Å². The molecule has 0 aliphatic rings. The van der Waals surface area contributed by atoms with Gasteiger partial charge in [0.15, 0.2) is 6.10 Å². The second-order valence-electron chi connectivity index (χ2n) is 18.9. The highest BCUT2D eigenvalue weighted by Crippen LogP contribution is 2.17. The van der Waals surface area contributed by atoms with E-state index in [4.69, 9.17) is 14.2 Å². The van der Waals surface area contributed by atoms with E-state index in [2.05, 4.69) is 20.8 Å². The van der Waals surface area contributed by atoms with Gasteiger partial charge in [-0.25, -0.2) is 0 Å². The molecule has 6 nitrogen and oxygen atoms in total. The lowest BCUT2D eigenvalue weighted by atomic mass is 10.0. The van der Waals surface area contributed by atoms with Crippen molar-refractivity contribution in [1.29, 1.82) is 0 Å². The van der Waals surface area contributed by atoms with E-state index in [0.717, 1.165) is 57.8 Å². The molecule has 0 aliphatic heterocycles. The van der Waals surface area contributed by atoms with Crippen LogP contribution >= 0.6 is 0 Å². The van der Waals surface area contributed by atoms with E-state index < -0.39 is 6.10 Å². The number of hydrogen-bond donors (Lipinski definition) is 0. The van der Waals surface area contributed by atoms with Crippen molar-refractivity contribution in [2.75, 3.05) is 13.2 Å². The highest BCUT2D eigenvalue weighted by atomic mass is 16.6. The number of hydrogen-bond acceptors (Lipinski definition) is 6. The zero-order chi connectivity index (χ0) is 44.4. The molecule has 6 heteroatoms. The fraction of sp³-hybridized carbons (Fsp3) is 0.945. The van der Waals surface area contributed by atoms with E-state index in [1.165, 1.54) is 218 Å². The summed E-state index contributed by atoms with van der Waals surface area (Å²) < 4.78 is 16.7. The monoisotopic (exact) mass is 863 g/mol. The molecule has 0 radical (unpaired) electrons. The summed E-state index contributed by atoms with van der Waals surface area (Å²) in [5.74, 6) is -0.850. The Hall–Kier alpha value is -1.59. The molecule has 362 valence electrons. The van der Waals surface area contributed by atoms with Gasteiger partial charge in [0.25, 0.3) is 0 Å². The Morgan fingerprint density at radius 2 is 0.443 bits per heavy atom. The molecule has 0 N–H and O–H groups in total. The van der Waals surface area contributed by atoms with Crippen molar-refractivity contribution >= 4 is 17.9 Å². The predicted molar refractivity (Wildman–Crippen MR) is 261 cm³/mol. The minimum atomic E-state index is -0.758. The highest BCUT2D eigenvalue weighted by molar-refractivity contribution is 5.71. The van der Waals surface area contributed by atoms with Gasteiger partial charge in [0.2, 0.25) is 0 Å². The van der Waals surface area contributed by atoms with Gasteiger partial charge in [-0.1, -0.05) is 278 Å². The molecule has 0 spiro atoms. The molecular formula is C55H106O6. The van der Waals surface area contributed by atoms with E-state index in [9.17, 15) is 14.4 Å². The lowest BCUT2D eigenvalue weighted by Gasteiger charge is -2.18. The minimum Gasteiger partial charge on any atom is -0.462 e. The Kier molecular flexibility index (Phi) is 49.7. The Morgan fingerprint density at radius 3 is 0.656 bits per heavy atom. The molecular weight excluding hydrogens is 757 g/mol. The molecule has 0 rings (SSSR count). The van der Waals surface area contributed by atoms with Crippen LogP contribution in [0.5, 0.6) is 0 Å². The molecule has 1 unspecified atom stereocenters. The lowest BCUT2D eigenvalue weighted by Crippen LogP contribution is -2.30. The Bertz CT molecular complexity index is 905. The van der Waals surface area contributed by atoms with Gasteiger partial charge in [0, 0.05) is 19.3 Å². The highest BCUT2D eigenvalue weighted by Gasteiger charge is 2.19. The van der Waals surface area contributed by atoms with Crippen molar-refractivity contribution in [3.8, 4) is 0 Å². The summed E-state index contributed by atoms with van der Waals surface area (Å²) in [6.07, 6.45) is 55.6. The van der Waals surface area contributed by atoms with Gasteiger partial charge in [-0.15, -0.1) is 0 Å². The summed E-state index contributed by atoms with van der Waals surface area (Å²) in [6, 6.07) is 0. The van der Waals surface area contributed by atoms with Crippen molar-refractivity contribution in [1.82, 2.24) is 0 Å². The third kappa shape index (κ3) is 49.3. The van der Waals surface area contributed by atoms with Crippen LogP contribution < -0.4 is 0 Å². The zero-order valence-electron chi connectivity index (χ0n) is 41.5. The van der Waals surface area contributed by atoms with Gasteiger partial charge >= 0.3 is 17.9 Å². The summed E-state index contributed by atoms with van der Waals surface area (Å²) in [5, 5.41) is 0. The zero-order valence-corrected chi connectivity index (χ0v) is 41.5. The van der Waals surface area contributed by atoms with Gasteiger partial charge in [-0.2, -0.15) is 0 Å². The van der Waals surface area contributed by atoms with E-state index in [1.807, 2.05) is 0 Å². The van der Waals surface area contributed by atoms with E-state index in [0.29, 0.717) is 19.3 Å². The molecule has 0 aromatic rings. The number of carbonyl (C=O) groups excluding carboxylic acids is 3. The smallest absolute Gasteiger partial charge is 0.306 e. The van der Waals surface area contributed by atoms with Crippen LogP contribution in [0.1, 0.15) is 316 Å². The third-order valence-electron chi connectivity index (χ3n) is 12.6.